The van der Waals surface area contributed by atoms with Gasteiger partial charge in [0.2, 0.25) is 5.91 Å². The number of nitrogens with zero attached hydrogens (tertiary/aromatic N) is 2. The van der Waals surface area contributed by atoms with E-state index in [1.807, 2.05) is 11.8 Å². The quantitative estimate of drug-likeness (QED) is 0.372. The molecule has 1 heterocycles. The van der Waals surface area contributed by atoms with Gasteiger partial charge in [0.25, 0.3) is 0 Å². The van der Waals surface area contributed by atoms with Gasteiger partial charge in [0.1, 0.15) is 5.75 Å². The fourth-order valence-electron chi connectivity index (χ4n) is 2.76. The van der Waals surface area contributed by atoms with Crippen LogP contribution in [0.1, 0.15) is 25.3 Å². The number of nitrogens with one attached hydrogen (secondary N) is 2. The maximum Gasteiger partial charge on any atom is 0.387 e. The zero-order chi connectivity index (χ0) is 18.2. The molecule has 2 N–H and O–H groups in total. The number of halogens is 3. The molecule has 9 heteroatoms. The van der Waals surface area contributed by atoms with Crippen LogP contribution in [0.2, 0.25) is 0 Å². The van der Waals surface area contributed by atoms with Crippen LogP contribution < -0.4 is 15.4 Å². The van der Waals surface area contributed by atoms with Gasteiger partial charge in [-0.3, -0.25) is 9.79 Å². The molecule has 1 aliphatic heterocycles. The Balaban J connectivity index is 0.00000338. The zero-order valence-electron chi connectivity index (χ0n) is 14.9. The molecule has 0 spiro atoms. The molecule has 1 atom stereocenters. The number of carbonyl (C=O) groups excluding carboxylic acids is 1. The van der Waals surface area contributed by atoms with Crippen molar-refractivity contribution in [2.45, 2.75) is 39.0 Å². The summed E-state index contributed by atoms with van der Waals surface area (Å²) in [6.45, 7) is 0.652. The summed E-state index contributed by atoms with van der Waals surface area (Å²) in [7, 11) is 1.64. The molecule has 1 amide bonds. The van der Waals surface area contributed by atoms with E-state index in [0.29, 0.717) is 31.0 Å². The Labute approximate surface area is 169 Å². The van der Waals surface area contributed by atoms with Crippen LogP contribution in [0, 0.1) is 0 Å². The number of hydrogen-bond donors (Lipinski definition) is 2. The number of rotatable bonds is 6. The second-order valence-corrected chi connectivity index (χ2v) is 5.74. The van der Waals surface area contributed by atoms with Crippen molar-refractivity contribution in [2.24, 2.45) is 4.99 Å². The van der Waals surface area contributed by atoms with Crippen LogP contribution in [-0.2, 0) is 11.3 Å². The van der Waals surface area contributed by atoms with E-state index >= 15 is 0 Å². The van der Waals surface area contributed by atoms with Crippen LogP contribution >= 0.6 is 24.0 Å². The second kappa shape index (κ2) is 11.1. The van der Waals surface area contributed by atoms with Crippen LogP contribution in [-0.4, -0.2) is 49.6 Å². The molecule has 1 unspecified atom stereocenters. The summed E-state index contributed by atoms with van der Waals surface area (Å²) in [5, 5.41) is 6.36. The highest BCUT2D eigenvalue weighted by molar-refractivity contribution is 14.0. The van der Waals surface area contributed by atoms with Crippen LogP contribution in [0.3, 0.4) is 0 Å². The number of aliphatic imine (C=N–C) groups is 1. The van der Waals surface area contributed by atoms with Crippen LogP contribution in [0.5, 0.6) is 5.75 Å². The zero-order valence-corrected chi connectivity index (χ0v) is 17.2. The summed E-state index contributed by atoms with van der Waals surface area (Å²) in [6.07, 6.45) is 1.35. The molecule has 1 fully saturated rings. The van der Waals surface area contributed by atoms with E-state index in [1.165, 1.54) is 6.07 Å². The normalized spacial score (nSPS) is 17.0. The van der Waals surface area contributed by atoms with Crippen molar-refractivity contribution in [2.75, 3.05) is 20.1 Å². The average molecular weight is 482 g/mol. The number of carbonyl (C=O) groups is 1. The maximum absolute atomic E-state index is 12.5. The highest BCUT2D eigenvalue weighted by Gasteiger charge is 2.25. The molecule has 0 saturated carbocycles. The predicted octanol–water partition coefficient (Wildman–Crippen LogP) is 2.58. The maximum atomic E-state index is 12.5. The standard InChI is InChI=1S/C17H24F2N4O2.HI/c1-3-15(24)23-9-8-13(11-23)22-17(20-2)21-10-12-6-4-5-7-14(12)25-16(18)19;/h4-7,13,16H,3,8-11H2,1-2H3,(H2,20,21,22);1H. The SMILES string of the molecule is CCC(=O)N1CCC(NC(=NC)NCc2ccccc2OC(F)F)C1.I. The lowest BCUT2D eigenvalue weighted by Gasteiger charge is -2.19. The molecule has 1 saturated heterocycles. The first-order chi connectivity index (χ1) is 12.0. The largest absolute Gasteiger partial charge is 0.434 e. The number of para-hydroxylation sites is 1. The molecule has 1 aromatic rings. The molecule has 26 heavy (non-hydrogen) atoms. The van der Waals surface area contributed by atoms with Crippen molar-refractivity contribution in [3.63, 3.8) is 0 Å². The number of benzene rings is 1. The highest BCUT2D eigenvalue weighted by Crippen LogP contribution is 2.20. The van der Waals surface area contributed by atoms with Gasteiger partial charge in [0.15, 0.2) is 5.96 Å². The summed E-state index contributed by atoms with van der Waals surface area (Å²) in [5.74, 6) is 0.842. The van der Waals surface area contributed by atoms with E-state index in [-0.39, 0.29) is 41.7 Å². The van der Waals surface area contributed by atoms with Crippen LogP contribution in [0.25, 0.3) is 0 Å². The van der Waals surface area contributed by atoms with Gasteiger partial charge in [0.05, 0.1) is 0 Å². The van der Waals surface area contributed by atoms with E-state index in [9.17, 15) is 13.6 Å². The Morgan fingerprint density at radius 2 is 2.15 bits per heavy atom. The van der Waals surface area contributed by atoms with E-state index in [0.717, 1.165) is 13.0 Å². The molecule has 6 nitrogen and oxygen atoms in total. The van der Waals surface area contributed by atoms with Gasteiger partial charge in [-0.15, -0.1) is 24.0 Å². The summed E-state index contributed by atoms with van der Waals surface area (Å²) in [6, 6.07) is 6.75. The first-order valence-corrected chi connectivity index (χ1v) is 8.31. The van der Waals surface area contributed by atoms with Gasteiger partial charge in [0, 0.05) is 44.7 Å². The van der Waals surface area contributed by atoms with Crippen molar-refractivity contribution < 1.29 is 18.3 Å². The molecule has 0 aliphatic carbocycles. The van der Waals surface area contributed by atoms with Gasteiger partial charge in [-0.1, -0.05) is 25.1 Å². The first-order valence-electron chi connectivity index (χ1n) is 8.31. The van der Waals surface area contributed by atoms with E-state index in [4.69, 9.17) is 0 Å². The van der Waals surface area contributed by atoms with Crippen LogP contribution in [0.15, 0.2) is 29.3 Å². The molecular weight excluding hydrogens is 457 g/mol. The molecule has 0 radical (unpaired) electrons. The van der Waals surface area contributed by atoms with Crippen molar-refractivity contribution in [1.82, 2.24) is 15.5 Å². The summed E-state index contributed by atoms with van der Waals surface area (Å²) >= 11 is 0. The van der Waals surface area contributed by atoms with Crippen LogP contribution in [0.4, 0.5) is 8.78 Å². The van der Waals surface area contributed by atoms with E-state index in [2.05, 4.69) is 20.4 Å². The highest BCUT2D eigenvalue weighted by atomic mass is 127. The van der Waals surface area contributed by atoms with Crippen molar-refractivity contribution >= 4 is 35.8 Å². The third kappa shape index (κ3) is 6.58. The minimum atomic E-state index is -2.86. The lowest BCUT2D eigenvalue weighted by molar-refractivity contribution is -0.129. The number of likely N-dealkylation sites (tertiary alicyclic amines) is 1. The Morgan fingerprint density at radius 3 is 2.81 bits per heavy atom. The molecule has 146 valence electrons. The minimum Gasteiger partial charge on any atom is -0.434 e. The monoisotopic (exact) mass is 482 g/mol. The van der Waals surface area contributed by atoms with Gasteiger partial charge in [-0.05, 0) is 12.5 Å². The van der Waals surface area contributed by atoms with E-state index < -0.39 is 6.61 Å². The molecule has 0 aromatic heterocycles. The third-order valence-corrected chi connectivity index (χ3v) is 4.04. The molecule has 1 aliphatic rings. The smallest absolute Gasteiger partial charge is 0.387 e. The average Bonchev–Trinajstić information content (AvgIpc) is 3.07. The van der Waals surface area contributed by atoms with Crippen molar-refractivity contribution in [1.29, 1.82) is 0 Å². The summed E-state index contributed by atoms with van der Waals surface area (Å²) in [5.41, 5.74) is 0.611. The number of hydrogen-bond acceptors (Lipinski definition) is 3. The Morgan fingerprint density at radius 1 is 1.42 bits per heavy atom. The topological polar surface area (TPSA) is 66.0 Å². The van der Waals surface area contributed by atoms with Crippen molar-refractivity contribution in [3.8, 4) is 5.75 Å². The lowest BCUT2D eigenvalue weighted by Crippen LogP contribution is -2.44. The number of amides is 1. The van der Waals surface area contributed by atoms with Gasteiger partial charge >= 0.3 is 6.61 Å². The molecule has 2 rings (SSSR count). The summed E-state index contributed by atoms with van der Waals surface area (Å²) < 4.78 is 29.4. The third-order valence-electron chi connectivity index (χ3n) is 4.04. The second-order valence-electron chi connectivity index (χ2n) is 5.74. The van der Waals surface area contributed by atoms with Crippen molar-refractivity contribution in [3.05, 3.63) is 29.8 Å². The number of ether oxygens (including phenoxy) is 1. The van der Waals surface area contributed by atoms with Gasteiger partial charge in [-0.25, -0.2) is 0 Å². The molecular formula is C17H25F2IN4O2. The number of alkyl halides is 2. The van der Waals surface area contributed by atoms with E-state index in [1.54, 1.807) is 25.2 Å². The lowest BCUT2D eigenvalue weighted by atomic mass is 10.2. The number of guanidine groups is 1. The fourth-order valence-corrected chi connectivity index (χ4v) is 2.76. The minimum absolute atomic E-state index is 0. The first kappa shape index (κ1) is 22.4. The van der Waals surface area contributed by atoms with Gasteiger partial charge in [-0.2, -0.15) is 8.78 Å². The molecule has 1 aromatic carbocycles. The Bertz CT molecular complexity index is 616. The van der Waals surface area contributed by atoms with Gasteiger partial charge < -0.3 is 20.3 Å². The summed E-state index contributed by atoms with van der Waals surface area (Å²) in [4.78, 5) is 17.7. The molecule has 0 bridgehead atoms. The Kier molecular flexibility index (Phi) is 9.60. The Hall–Kier alpha value is -1.65. The fraction of sp³-hybridized carbons (Fsp3) is 0.529. The predicted molar refractivity (Wildman–Crippen MR) is 107 cm³/mol.